The number of ether oxygens (including phenoxy) is 3. The first-order valence-corrected chi connectivity index (χ1v) is 26.4. The molecule has 0 radical (unpaired) electrons. The summed E-state index contributed by atoms with van der Waals surface area (Å²) in [5.41, 5.74) is 0. The molecule has 1 atom stereocenters. The Bertz CT molecular complexity index is 1190. The van der Waals surface area contributed by atoms with Gasteiger partial charge >= 0.3 is 17.9 Å². The van der Waals surface area contributed by atoms with E-state index in [1.807, 2.05) is 12.2 Å². The molecule has 0 N–H and O–H groups in total. The third-order valence-electron chi connectivity index (χ3n) is 11.2. The van der Waals surface area contributed by atoms with Crippen molar-refractivity contribution in [2.75, 3.05) is 13.2 Å². The second kappa shape index (κ2) is 51.5. The van der Waals surface area contributed by atoms with Gasteiger partial charge in [0.15, 0.2) is 6.10 Å². The quantitative estimate of drug-likeness (QED) is 0.0262. The van der Waals surface area contributed by atoms with Crippen molar-refractivity contribution in [1.29, 1.82) is 0 Å². The van der Waals surface area contributed by atoms with Crippen LogP contribution in [0, 0.1) is 0 Å². The summed E-state index contributed by atoms with van der Waals surface area (Å²) in [6, 6.07) is 0. The van der Waals surface area contributed by atoms with Crippen LogP contribution in [0.2, 0.25) is 0 Å². The Balaban J connectivity index is 4.18. The Morgan fingerprint density at radius 3 is 1.03 bits per heavy atom. The van der Waals surface area contributed by atoms with Crippen LogP contribution < -0.4 is 0 Å². The van der Waals surface area contributed by atoms with Crippen LogP contribution in [0.1, 0.15) is 252 Å². The molecule has 0 fully saturated rings. The van der Waals surface area contributed by atoms with Gasteiger partial charge in [-0.2, -0.15) is 0 Å². The number of esters is 3. The van der Waals surface area contributed by atoms with E-state index in [9.17, 15) is 14.4 Å². The van der Waals surface area contributed by atoms with Crippen LogP contribution in [0.5, 0.6) is 0 Å². The molecule has 0 rings (SSSR count). The summed E-state index contributed by atoms with van der Waals surface area (Å²) in [4.78, 5) is 37.7. The normalized spacial score (nSPS) is 12.6. The fourth-order valence-corrected chi connectivity index (χ4v) is 7.25. The van der Waals surface area contributed by atoms with Crippen molar-refractivity contribution in [1.82, 2.24) is 0 Å². The van der Waals surface area contributed by atoms with Crippen LogP contribution in [0.3, 0.4) is 0 Å². The summed E-state index contributed by atoms with van der Waals surface area (Å²) in [5.74, 6) is -0.992. The van der Waals surface area contributed by atoms with Gasteiger partial charge in [0.1, 0.15) is 13.2 Å². The zero-order valence-corrected chi connectivity index (χ0v) is 41.3. The Morgan fingerprint density at radius 2 is 0.651 bits per heavy atom. The first-order chi connectivity index (χ1) is 31.0. The van der Waals surface area contributed by atoms with Crippen molar-refractivity contribution in [2.45, 2.75) is 258 Å². The number of unbranched alkanes of at least 4 members (excludes halogenated alkanes) is 24. The third kappa shape index (κ3) is 49.7. The zero-order valence-electron chi connectivity index (χ0n) is 41.3. The summed E-state index contributed by atoms with van der Waals surface area (Å²) >= 11 is 0. The second-order valence-electron chi connectivity index (χ2n) is 17.4. The molecule has 6 heteroatoms. The van der Waals surface area contributed by atoms with Crippen LogP contribution in [-0.2, 0) is 28.6 Å². The van der Waals surface area contributed by atoms with E-state index >= 15 is 0 Å². The topological polar surface area (TPSA) is 78.9 Å². The van der Waals surface area contributed by atoms with Crippen molar-refractivity contribution >= 4 is 17.9 Å². The Morgan fingerprint density at radius 1 is 0.333 bits per heavy atom. The molecule has 0 aromatic rings. The van der Waals surface area contributed by atoms with Crippen molar-refractivity contribution in [2.24, 2.45) is 0 Å². The van der Waals surface area contributed by atoms with E-state index in [-0.39, 0.29) is 31.6 Å². The number of allylic oxidation sites excluding steroid dienone is 12. The number of hydrogen-bond donors (Lipinski definition) is 0. The van der Waals surface area contributed by atoms with Gasteiger partial charge in [0, 0.05) is 19.3 Å². The molecule has 0 amide bonds. The predicted molar refractivity (Wildman–Crippen MR) is 270 cm³/mol. The SMILES string of the molecule is CC/C=C\C/C=C\C/C=C\C/C=C\CCC(=O)OC(COC(=O)CCCCCCCCC)COC(=O)CCCCCCCCCCCCCCC/C=C\C/C=C\CCCCCCC. The maximum Gasteiger partial charge on any atom is 0.306 e. The van der Waals surface area contributed by atoms with Gasteiger partial charge in [-0.05, 0) is 77.0 Å². The van der Waals surface area contributed by atoms with Crippen LogP contribution >= 0.6 is 0 Å². The van der Waals surface area contributed by atoms with Crippen molar-refractivity contribution in [3.8, 4) is 0 Å². The van der Waals surface area contributed by atoms with Crippen LogP contribution in [0.15, 0.2) is 72.9 Å². The van der Waals surface area contributed by atoms with Gasteiger partial charge in [0.25, 0.3) is 0 Å². The van der Waals surface area contributed by atoms with Gasteiger partial charge in [-0.1, -0.05) is 229 Å². The molecular formula is C57H98O6. The minimum absolute atomic E-state index is 0.103. The van der Waals surface area contributed by atoms with Crippen molar-refractivity contribution < 1.29 is 28.6 Å². The average Bonchev–Trinajstić information content (AvgIpc) is 3.28. The lowest BCUT2D eigenvalue weighted by Gasteiger charge is -2.18. The highest BCUT2D eigenvalue weighted by molar-refractivity contribution is 5.71. The van der Waals surface area contributed by atoms with E-state index in [4.69, 9.17) is 14.2 Å². The van der Waals surface area contributed by atoms with Gasteiger partial charge in [-0.15, -0.1) is 0 Å². The van der Waals surface area contributed by atoms with E-state index in [0.29, 0.717) is 19.3 Å². The first-order valence-electron chi connectivity index (χ1n) is 26.4. The molecule has 0 aliphatic rings. The summed E-state index contributed by atoms with van der Waals surface area (Å²) in [5, 5.41) is 0. The number of carbonyl (C=O) groups excluding carboxylic acids is 3. The molecule has 0 bridgehead atoms. The monoisotopic (exact) mass is 879 g/mol. The maximum absolute atomic E-state index is 12.7. The average molecular weight is 879 g/mol. The molecule has 0 aromatic heterocycles. The van der Waals surface area contributed by atoms with E-state index in [1.54, 1.807) is 0 Å². The van der Waals surface area contributed by atoms with Gasteiger partial charge in [0.05, 0.1) is 0 Å². The van der Waals surface area contributed by atoms with Gasteiger partial charge in [-0.3, -0.25) is 14.4 Å². The minimum atomic E-state index is -0.809. The Kier molecular flexibility index (Phi) is 48.9. The van der Waals surface area contributed by atoms with E-state index in [1.165, 1.54) is 135 Å². The molecule has 0 aromatic carbocycles. The molecule has 0 aliphatic carbocycles. The second-order valence-corrected chi connectivity index (χ2v) is 17.4. The van der Waals surface area contributed by atoms with Crippen molar-refractivity contribution in [3.63, 3.8) is 0 Å². The molecule has 1 unspecified atom stereocenters. The van der Waals surface area contributed by atoms with E-state index in [0.717, 1.165) is 70.6 Å². The standard InChI is InChI=1S/C57H98O6/c1-4-7-10-13-16-18-20-22-23-24-25-26-27-28-29-30-31-32-33-35-36-38-41-44-47-50-56(59)62-53-54(52-61-55(58)49-46-43-40-15-12-9-6-3)63-57(60)51-48-45-42-39-37-34-21-19-17-14-11-8-5-2/h8,11,17,19-20,22,24-25,34,37,42,45,54H,4-7,9-10,12-16,18,21,23,26-33,35-36,38-41,43-44,46-53H2,1-3H3/b11-8-,19-17-,22-20-,25-24-,37-34-,45-42-. The smallest absolute Gasteiger partial charge is 0.306 e. The minimum Gasteiger partial charge on any atom is -0.462 e. The van der Waals surface area contributed by atoms with Crippen molar-refractivity contribution in [3.05, 3.63) is 72.9 Å². The maximum atomic E-state index is 12.7. The zero-order chi connectivity index (χ0) is 45.8. The Labute approximate surface area is 389 Å². The molecule has 0 spiro atoms. The van der Waals surface area contributed by atoms with Crippen LogP contribution in [-0.4, -0.2) is 37.2 Å². The number of hydrogen-bond acceptors (Lipinski definition) is 6. The van der Waals surface area contributed by atoms with Crippen LogP contribution in [0.25, 0.3) is 0 Å². The molecule has 6 nitrogen and oxygen atoms in total. The summed E-state index contributed by atoms with van der Waals surface area (Å²) in [6.07, 6.45) is 65.1. The molecule has 0 heterocycles. The lowest BCUT2D eigenvalue weighted by atomic mass is 10.0. The third-order valence-corrected chi connectivity index (χ3v) is 11.2. The highest BCUT2D eigenvalue weighted by Gasteiger charge is 2.19. The lowest BCUT2D eigenvalue weighted by Crippen LogP contribution is -2.30. The first kappa shape index (κ1) is 59.9. The molecule has 63 heavy (non-hydrogen) atoms. The molecule has 0 saturated heterocycles. The largest absolute Gasteiger partial charge is 0.462 e. The Hall–Kier alpha value is -3.15. The van der Waals surface area contributed by atoms with Crippen LogP contribution in [0.4, 0.5) is 0 Å². The summed E-state index contributed by atoms with van der Waals surface area (Å²) in [6.45, 7) is 6.41. The molecule has 0 saturated carbocycles. The summed E-state index contributed by atoms with van der Waals surface area (Å²) < 4.78 is 16.6. The van der Waals surface area contributed by atoms with E-state index < -0.39 is 12.1 Å². The molecule has 0 aliphatic heterocycles. The highest BCUT2D eigenvalue weighted by atomic mass is 16.6. The van der Waals surface area contributed by atoms with Gasteiger partial charge < -0.3 is 14.2 Å². The fourth-order valence-electron chi connectivity index (χ4n) is 7.25. The summed E-state index contributed by atoms with van der Waals surface area (Å²) in [7, 11) is 0. The fraction of sp³-hybridized carbons (Fsp3) is 0.737. The molecule has 362 valence electrons. The number of carbonyl (C=O) groups is 3. The number of rotatable bonds is 47. The van der Waals surface area contributed by atoms with Gasteiger partial charge in [-0.25, -0.2) is 0 Å². The molecular weight excluding hydrogens is 781 g/mol. The van der Waals surface area contributed by atoms with Gasteiger partial charge in [0.2, 0.25) is 0 Å². The lowest BCUT2D eigenvalue weighted by molar-refractivity contribution is -0.166. The predicted octanol–water partition coefficient (Wildman–Crippen LogP) is 17.4. The van der Waals surface area contributed by atoms with E-state index in [2.05, 4.69) is 81.5 Å². The highest BCUT2D eigenvalue weighted by Crippen LogP contribution is 2.15.